The molecule has 5 heteroatoms. The Balaban J connectivity index is 2.47. The highest BCUT2D eigenvalue weighted by atomic mass is 31.2. The lowest BCUT2D eigenvalue weighted by Gasteiger charge is -2.40. The first-order valence-electron chi connectivity index (χ1n) is 3.36. The van der Waals surface area contributed by atoms with Crippen molar-refractivity contribution < 1.29 is 14.4 Å². The van der Waals surface area contributed by atoms with E-state index in [4.69, 9.17) is 0 Å². The average molecular weight is 163 g/mol. The quantitative estimate of drug-likeness (QED) is 0.503. The Labute approximate surface area is 59.8 Å². The van der Waals surface area contributed by atoms with E-state index in [1.54, 1.807) is 0 Å². The maximum Gasteiger partial charge on any atom is 0.0345 e. The fourth-order valence-corrected chi connectivity index (χ4v) is 1.95. The van der Waals surface area contributed by atoms with Crippen molar-refractivity contribution in [3.05, 3.63) is 0 Å². The molecule has 1 unspecified atom stereocenters. The first kappa shape index (κ1) is 8.21. The third kappa shape index (κ3) is 2.06. The largest absolute Gasteiger partial charge is 0.810 e. The second-order valence-electron chi connectivity index (χ2n) is 2.51. The molecule has 0 amide bonds. The summed E-state index contributed by atoms with van der Waals surface area (Å²) in [5.41, 5.74) is 0. The van der Waals surface area contributed by atoms with E-state index in [2.05, 4.69) is 5.32 Å². The van der Waals surface area contributed by atoms with E-state index in [9.17, 15) is 14.4 Å². The summed E-state index contributed by atoms with van der Waals surface area (Å²) in [5.74, 6) is -0.804. The van der Waals surface area contributed by atoms with Crippen LogP contribution in [0.15, 0.2) is 0 Å². The van der Waals surface area contributed by atoms with E-state index in [0.717, 1.165) is 12.8 Å². The van der Waals surface area contributed by atoms with Crippen LogP contribution in [0, 0.1) is 0 Å². The summed E-state index contributed by atoms with van der Waals surface area (Å²) in [7, 11) is -4.35. The molecule has 0 aromatic rings. The van der Waals surface area contributed by atoms with Crippen LogP contribution in [-0.4, -0.2) is 12.3 Å². The van der Waals surface area contributed by atoms with Gasteiger partial charge in [-0.15, -0.1) is 0 Å². The maximum absolute atomic E-state index is 10.4. The lowest BCUT2D eigenvalue weighted by Crippen LogP contribution is -2.40. The van der Waals surface area contributed by atoms with E-state index in [-0.39, 0.29) is 0 Å². The zero-order valence-corrected chi connectivity index (χ0v) is 6.47. The van der Waals surface area contributed by atoms with Gasteiger partial charge in [-0.2, -0.15) is 0 Å². The number of rotatable bonds is 1. The average Bonchev–Trinajstić information content (AvgIpc) is 1.88. The molecule has 0 aromatic heterocycles. The number of hydrogen-bond donors (Lipinski definition) is 1. The van der Waals surface area contributed by atoms with Gasteiger partial charge in [-0.05, 0) is 19.4 Å². The van der Waals surface area contributed by atoms with Crippen molar-refractivity contribution in [3.8, 4) is 0 Å². The van der Waals surface area contributed by atoms with E-state index in [1.807, 2.05) is 0 Å². The predicted octanol–water partition coefficient (Wildman–Crippen LogP) is -1.00. The highest BCUT2D eigenvalue weighted by molar-refractivity contribution is 7.49. The molecule has 1 atom stereocenters. The van der Waals surface area contributed by atoms with Gasteiger partial charge < -0.3 is 19.7 Å². The maximum atomic E-state index is 10.4. The molecule has 1 fully saturated rings. The second kappa shape index (κ2) is 3.01. The zero-order chi connectivity index (χ0) is 7.61. The van der Waals surface area contributed by atoms with E-state index in [1.165, 1.54) is 0 Å². The van der Waals surface area contributed by atoms with Crippen LogP contribution in [0.1, 0.15) is 19.3 Å². The van der Waals surface area contributed by atoms with Crippen LogP contribution < -0.4 is 15.1 Å². The molecule has 0 aromatic carbocycles. The lowest BCUT2D eigenvalue weighted by molar-refractivity contribution is -0.317. The summed E-state index contributed by atoms with van der Waals surface area (Å²) in [4.78, 5) is 20.8. The van der Waals surface area contributed by atoms with Crippen molar-refractivity contribution in [1.29, 1.82) is 0 Å². The van der Waals surface area contributed by atoms with E-state index < -0.39 is 13.4 Å². The topological polar surface area (TPSA) is 75.2 Å². The minimum atomic E-state index is -4.35. The minimum Gasteiger partial charge on any atom is -0.810 e. The standard InChI is InChI=1S/C5H12NO3P/c7-10(8,9)5-3-1-2-4-6-5/h5-6H,1-4H2,(H2,7,8,9)/p-2. The van der Waals surface area contributed by atoms with Gasteiger partial charge in [0.15, 0.2) is 0 Å². The molecule has 4 nitrogen and oxygen atoms in total. The summed E-state index contributed by atoms with van der Waals surface area (Å²) in [6, 6.07) is 0. The van der Waals surface area contributed by atoms with Gasteiger partial charge in [-0.3, -0.25) is 0 Å². The molecule has 10 heavy (non-hydrogen) atoms. The van der Waals surface area contributed by atoms with Crippen molar-refractivity contribution in [3.63, 3.8) is 0 Å². The number of hydrogen-bond acceptors (Lipinski definition) is 4. The Morgan fingerprint density at radius 1 is 1.40 bits per heavy atom. The van der Waals surface area contributed by atoms with Gasteiger partial charge in [0, 0.05) is 5.78 Å². The SMILES string of the molecule is O=P([O-])([O-])C1CCCCN1. The molecule has 0 saturated carbocycles. The molecule has 0 bridgehead atoms. The Morgan fingerprint density at radius 2 is 2.10 bits per heavy atom. The summed E-state index contributed by atoms with van der Waals surface area (Å²) in [6.45, 7) is 0.652. The third-order valence-electron chi connectivity index (χ3n) is 1.67. The minimum absolute atomic E-state index is 0.476. The van der Waals surface area contributed by atoms with Crippen molar-refractivity contribution in [2.24, 2.45) is 0 Å². The summed E-state index contributed by atoms with van der Waals surface area (Å²) in [6.07, 6.45) is 2.28. The molecule has 0 aliphatic carbocycles. The van der Waals surface area contributed by atoms with Gasteiger partial charge in [0.2, 0.25) is 0 Å². The summed E-state index contributed by atoms with van der Waals surface area (Å²) in [5, 5.41) is 2.67. The highest BCUT2D eigenvalue weighted by Crippen LogP contribution is 2.34. The van der Waals surface area contributed by atoms with Crippen LogP contribution in [-0.2, 0) is 4.57 Å². The van der Waals surface area contributed by atoms with Gasteiger partial charge in [0.05, 0.1) is 0 Å². The van der Waals surface area contributed by atoms with Gasteiger partial charge >= 0.3 is 0 Å². The van der Waals surface area contributed by atoms with Gasteiger partial charge in [-0.1, -0.05) is 14.0 Å². The Kier molecular flexibility index (Phi) is 2.47. The van der Waals surface area contributed by atoms with Gasteiger partial charge in [0.25, 0.3) is 0 Å². The second-order valence-corrected chi connectivity index (χ2v) is 4.21. The molecule has 1 aliphatic heterocycles. The molecular weight excluding hydrogens is 153 g/mol. The molecule has 1 N–H and O–H groups in total. The van der Waals surface area contributed by atoms with E-state index >= 15 is 0 Å². The van der Waals surface area contributed by atoms with Crippen LogP contribution in [0.2, 0.25) is 0 Å². The number of piperidine rings is 1. The van der Waals surface area contributed by atoms with Gasteiger partial charge in [0.1, 0.15) is 0 Å². The Hall–Kier alpha value is 0.110. The predicted molar refractivity (Wildman–Crippen MR) is 33.2 cm³/mol. The zero-order valence-electron chi connectivity index (χ0n) is 5.58. The van der Waals surface area contributed by atoms with Crippen LogP contribution in [0.25, 0.3) is 0 Å². The van der Waals surface area contributed by atoms with Crippen LogP contribution in [0.3, 0.4) is 0 Å². The van der Waals surface area contributed by atoms with Crippen molar-refractivity contribution in [2.75, 3.05) is 6.54 Å². The van der Waals surface area contributed by atoms with Crippen LogP contribution in [0.4, 0.5) is 0 Å². The monoisotopic (exact) mass is 163 g/mol. The normalized spacial score (nSPS) is 28.4. The lowest BCUT2D eigenvalue weighted by atomic mass is 10.2. The smallest absolute Gasteiger partial charge is 0.0345 e. The molecule has 0 spiro atoms. The third-order valence-corrected chi connectivity index (χ3v) is 2.87. The van der Waals surface area contributed by atoms with Crippen molar-refractivity contribution in [1.82, 2.24) is 5.32 Å². The summed E-state index contributed by atoms with van der Waals surface area (Å²) < 4.78 is 10.4. The van der Waals surface area contributed by atoms with E-state index in [0.29, 0.717) is 13.0 Å². The van der Waals surface area contributed by atoms with Crippen molar-refractivity contribution in [2.45, 2.75) is 25.0 Å². The van der Waals surface area contributed by atoms with Crippen LogP contribution in [0.5, 0.6) is 0 Å². The first-order chi connectivity index (χ1) is 4.61. The molecule has 0 radical (unpaired) electrons. The number of nitrogens with one attached hydrogen (secondary N) is 1. The molecule has 1 saturated heterocycles. The first-order valence-corrected chi connectivity index (χ1v) is 4.97. The summed E-state index contributed by atoms with van der Waals surface area (Å²) >= 11 is 0. The molecule has 1 heterocycles. The van der Waals surface area contributed by atoms with Gasteiger partial charge in [-0.25, -0.2) is 0 Å². The Bertz CT molecular complexity index is 149. The fourth-order valence-electron chi connectivity index (χ4n) is 1.10. The molecule has 60 valence electrons. The molecular formula is C5H10NO3P-2. The highest BCUT2D eigenvalue weighted by Gasteiger charge is 2.14. The van der Waals surface area contributed by atoms with Crippen molar-refractivity contribution >= 4 is 7.60 Å². The molecule has 1 aliphatic rings. The molecule has 1 rings (SSSR count). The fraction of sp³-hybridized carbons (Fsp3) is 1.00. The van der Waals surface area contributed by atoms with Crippen LogP contribution >= 0.6 is 7.60 Å². The Morgan fingerprint density at radius 3 is 2.40 bits per heavy atom.